The molecule has 0 bridgehead atoms. The summed E-state index contributed by atoms with van der Waals surface area (Å²) in [5, 5.41) is 3.52. The van der Waals surface area contributed by atoms with Crippen LogP contribution in [-0.4, -0.2) is 25.7 Å². The third-order valence-electron chi connectivity index (χ3n) is 3.88. The van der Waals surface area contributed by atoms with E-state index in [0.717, 1.165) is 37.3 Å². The lowest BCUT2D eigenvalue weighted by atomic mass is 9.93. The Morgan fingerprint density at radius 2 is 2.22 bits per heavy atom. The number of rotatable bonds is 3. The van der Waals surface area contributed by atoms with Crippen LogP contribution in [0.3, 0.4) is 0 Å². The van der Waals surface area contributed by atoms with E-state index in [-0.39, 0.29) is 5.82 Å². The number of para-hydroxylation sites is 1. The molecule has 0 aliphatic carbocycles. The van der Waals surface area contributed by atoms with Crippen molar-refractivity contribution in [3.8, 4) is 0 Å². The van der Waals surface area contributed by atoms with Crippen LogP contribution >= 0.6 is 0 Å². The van der Waals surface area contributed by atoms with Gasteiger partial charge in [-0.3, -0.25) is 0 Å². The first-order valence-electron chi connectivity index (χ1n) is 6.87. The van der Waals surface area contributed by atoms with Gasteiger partial charge in [0.15, 0.2) is 0 Å². The number of benzene rings is 1. The molecule has 1 aromatic rings. The Hall–Kier alpha value is -1.09. The highest BCUT2D eigenvalue weighted by atomic mass is 19.1. The van der Waals surface area contributed by atoms with Crippen LogP contribution in [0.25, 0.3) is 0 Å². The summed E-state index contributed by atoms with van der Waals surface area (Å²) < 4.78 is 13.9. The quantitative estimate of drug-likeness (QED) is 0.887. The van der Waals surface area contributed by atoms with E-state index in [1.54, 1.807) is 12.1 Å². The summed E-state index contributed by atoms with van der Waals surface area (Å²) >= 11 is 0. The molecule has 2 rings (SSSR count). The summed E-state index contributed by atoms with van der Waals surface area (Å²) in [5.41, 5.74) is 1.82. The monoisotopic (exact) mass is 250 g/mol. The maximum Gasteiger partial charge on any atom is 0.146 e. The normalized spacial score (nSPS) is 24.3. The topological polar surface area (TPSA) is 15.3 Å². The molecule has 1 N–H and O–H groups in total. The maximum absolute atomic E-state index is 13.9. The standard InChI is InChI=1S/C15H23FN2/c1-4-17-14-8-9-18(10-12(14)3)15-11(2)6-5-7-13(15)16/h5-7,12,14,17H,4,8-10H2,1-3H3. The SMILES string of the molecule is CCNC1CCN(c2c(C)cccc2F)CC1C. The lowest BCUT2D eigenvalue weighted by Crippen LogP contribution is -2.48. The number of halogens is 1. The first-order chi connectivity index (χ1) is 8.63. The van der Waals surface area contributed by atoms with Crippen molar-refractivity contribution in [2.75, 3.05) is 24.5 Å². The fourth-order valence-corrected chi connectivity index (χ4v) is 2.94. The molecule has 0 spiro atoms. The predicted molar refractivity (Wildman–Crippen MR) is 74.6 cm³/mol. The first kappa shape index (κ1) is 13.3. The highest BCUT2D eigenvalue weighted by molar-refractivity contribution is 5.54. The van der Waals surface area contributed by atoms with Gasteiger partial charge in [0.2, 0.25) is 0 Å². The highest BCUT2D eigenvalue weighted by Gasteiger charge is 2.27. The van der Waals surface area contributed by atoms with Crippen molar-refractivity contribution in [2.45, 2.75) is 33.2 Å². The minimum absolute atomic E-state index is 0.0934. The molecule has 18 heavy (non-hydrogen) atoms. The zero-order valence-corrected chi connectivity index (χ0v) is 11.5. The third kappa shape index (κ3) is 2.66. The van der Waals surface area contributed by atoms with Crippen LogP contribution < -0.4 is 10.2 Å². The van der Waals surface area contributed by atoms with E-state index in [4.69, 9.17) is 0 Å². The Kier molecular flexibility index (Phi) is 4.23. The fraction of sp³-hybridized carbons (Fsp3) is 0.600. The molecule has 1 aliphatic rings. The van der Waals surface area contributed by atoms with E-state index >= 15 is 0 Å². The van der Waals surface area contributed by atoms with E-state index in [1.807, 2.05) is 13.0 Å². The summed E-state index contributed by atoms with van der Waals surface area (Å²) in [6.07, 6.45) is 1.09. The summed E-state index contributed by atoms with van der Waals surface area (Å²) in [6, 6.07) is 5.89. The van der Waals surface area contributed by atoms with E-state index in [9.17, 15) is 4.39 Å². The first-order valence-corrected chi connectivity index (χ1v) is 6.87. The molecule has 1 heterocycles. The van der Waals surface area contributed by atoms with Crippen LogP contribution in [0.1, 0.15) is 25.8 Å². The zero-order valence-electron chi connectivity index (χ0n) is 11.5. The van der Waals surface area contributed by atoms with E-state index in [2.05, 4.69) is 24.1 Å². The Morgan fingerprint density at radius 3 is 2.83 bits per heavy atom. The van der Waals surface area contributed by atoms with Gasteiger partial charge in [0, 0.05) is 19.1 Å². The lowest BCUT2D eigenvalue weighted by Gasteiger charge is -2.39. The average Bonchev–Trinajstić information content (AvgIpc) is 2.32. The number of piperidine rings is 1. The van der Waals surface area contributed by atoms with Crippen LogP contribution in [0.15, 0.2) is 18.2 Å². The summed E-state index contributed by atoms with van der Waals surface area (Å²) in [5.74, 6) is 0.460. The van der Waals surface area contributed by atoms with Gasteiger partial charge in [-0.15, -0.1) is 0 Å². The largest absolute Gasteiger partial charge is 0.369 e. The van der Waals surface area contributed by atoms with Gasteiger partial charge in [0.1, 0.15) is 5.82 Å². The molecule has 1 aromatic carbocycles. The molecule has 1 aliphatic heterocycles. The van der Waals surface area contributed by atoms with Crippen molar-refractivity contribution in [3.63, 3.8) is 0 Å². The van der Waals surface area contributed by atoms with Crippen molar-refractivity contribution in [3.05, 3.63) is 29.6 Å². The van der Waals surface area contributed by atoms with Gasteiger partial charge in [-0.25, -0.2) is 4.39 Å². The number of anilines is 1. The van der Waals surface area contributed by atoms with Crippen LogP contribution in [0.5, 0.6) is 0 Å². The Balaban J connectivity index is 2.13. The minimum atomic E-state index is -0.0934. The molecular formula is C15H23FN2. The smallest absolute Gasteiger partial charge is 0.146 e. The summed E-state index contributed by atoms with van der Waals surface area (Å²) in [6.45, 7) is 9.24. The van der Waals surface area contributed by atoms with Crippen molar-refractivity contribution in [1.82, 2.24) is 5.32 Å². The molecule has 3 heteroatoms. The Morgan fingerprint density at radius 1 is 1.44 bits per heavy atom. The number of nitrogens with one attached hydrogen (secondary N) is 1. The third-order valence-corrected chi connectivity index (χ3v) is 3.88. The Labute approximate surface area is 109 Å². The average molecular weight is 250 g/mol. The fourth-order valence-electron chi connectivity index (χ4n) is 2.94. The van der Waals surface area contributed by atoms with E-state index in [1.165, 1.54) is 0 Å². The molecule has 0 amide bonds. The molecular weight excluding hydrogens is 227 g/mol. The molecule has 0 aromatic heterocycles. The molecule has 2 unspecified atom stereocenters. The van der Waals surface area contributed by atoms with Gasteiger partial charge in [-0.1, -0.05) is 26.0 Å². The van der Waals surface area contributed by atoms with E-state index < -0.39 is 0 Å². The van der Waals surface area contributed by atoms with Gasteiger partial charge < -0.3 is 10.2 Å². The van der Waals surface area contributed by atoms with E-state index in [0.29, 0.717) is 12.0 Å². The molecule has 2 nitrogen and oxygen atoms in total. The van der Waals surface area contributed by atoms with Gasteiger partial charge in [-0.05, 0) is 37.4 Å². The molecule has 1 fully saturated rings. The predicted octanol–water partition coefficient (Wildman–Crippen LogP) is 2.96. The number of hydrogen-bond acceptors (Lipinski definition) is 2. The molecule has 0 radical (unpaired) electrons. The van der Waals surface area contributed by atoms with Crippen molar-refractivity contribution in [1.29, 1.82) is 0 Å². The van der Waals surface area contributed by atoms with Crippen LogP contribution in [0, 0.1) is 18.7 Å². The zero-order chi connectivity index (χ0) is 13.1. The lowest BCUT2D eigenvalue weighted by molar-refractivity contribution is 0.325. The van der Waals surface area contributed by atoms with Crippen LogP contribution in [0.4, 0.5) is 10.1 Å². The number of aryl methyl sites for hydroxylation is 1. The second-order valence-electron chi connectivity index (χ2n) is 5.28. The maximum atomic E-state index is 13.9. The van der Waals surface area contributed by atoms with Crippen molar-refractivity contribution < 1.29 is 4.39 Å². The van der Waals surface area contributed by atoms with Gasteiger partial charge >= 0.3 is 0 Å². The summed E-state index contributed by atoms with van der Waals surface area (Å²) in [7, 11) is 0. The van der Waals surface area contributed by atoms with Gasteiger partial charge in [0.25, 0.3) is 0 Å². The second-order valence-corrected chi connectivity index (χ2v) is 5.28. The van der Waals surface area contributed by atoms with Crippen molar-refractivity contribution in [2.24, 2.45) is 5.92 Å². The van der Waals surface area contributed by atoms with Crippen LogP contribution in [-0.2, 0) is 0 Å². The summed E-state index contributed by atoms with van der Waals surface area (Å²) in [4.78, 5) is 2.20. The van der Waals surface area contributed by atoms with Gasteiger partial charge in [0.05, 0.1) is 5.69 Å². The van der Waals surface area contributed by atoms with Crippen LogP contribution in [0.2, 0.25) is 0 Å². The molecule has 100 valence electrons. The Bertz CT molecular complexity index is 385. The van der Waals surface area contributed by atoms with Gasteiger partial charge in [-0.2, -0.15) is 0 Å². The number of nitrogens with zero attached hydrogens (tertiary/aromatic N) is 1. The molecule has 0 saturated carbocycles. The second kappa shape index (κ2) is 5.70. The minimum Gasteiger partial charge on any atom is -0.369 e. The van der Waals surface area contributed by atoms with Crippen molar-refractivity contribution >= 4 is 5.69 Å². The highest BCUT2D eigenvalue weighted by Crippen LogP contribution is 2.28. The molecule has 1 saturated heterocycles. The molecule has 2 atom stereocenters. The number of hydrogen-bond donors (Lipinski definition) is 1.